The molecule has 0 radical (unpaired) electrons. The molecule has 0 aliphatic carbocycles. The summed E-state index contributed by atoms with van der Waals surface area (Å²) < 4.78 is 0. The zero-order valence-electron chi connectivity index (χ0n) is 11.0. The lowest BCUT2D eigenvalue weighted by Crippen LogP contribution is -2.50. The number of carbonyl (C=O) groups excluding carboxylic acids is 1. The van der Waals surface area contributed by atoms with Gasteiger partial charge in [-0.05, 0) is 12.1 Å². The summed E-state index contributed by atoms with van der Waals surface area (Å²) in [5.74, 6) is -0.452. The molecule has 108 valence electrons. The molecule has 1 saturated heterocycles. The third-order valence-corrected chi connectivity index (χ3v) is 3.32. The molecule has 0 saturated carbocycles. The standard InChI is InChI=1S/C13H17N3O3S/c14-12(20)8-15-1-3-16(4-2-15)13(19)9-5-10(17)7-11(18)6-9/h5-7,17-18H,1-4,8H2,(H2,14,20). The van der Waals surface area contributed by atoms with Gasteiger partial charge in [-0.1, -0.05) is 12.2 Å². The van der Waals surface area contributed by atoms with Crippen molar-refractivity contribution in [3.8, 4) is 11.5 Å². The number of nitrogens with two attached hydrogens (primary N) is 1. The number of carbonyl (C=O) groups is 1. The molecule has 0 unspecified atom stereocenters. The molecule has 1 aliphatic heterocycles. The van der Waals surface area contributed by atoms with E-state index in [0.29, 0.717) is 37.7 Å². The van der Waals surface area contributed by atoms with Gasteiger partial charge in [-0.25, -0.2) is 0 Å². The summed E-state index contributed by atoms with van der Waals surface area (Å²) in [7, 11) is 0. The first-order valence-corrected chi connectivity index (χ1v) is 6.69. The lowest BCUT2D eigenvalue weighted by Gasteiger charge is -2.34. The second-order valence-corrected chi connectivity index (χ2v) is 5.30. The summed E-state index contributed by atoms with van der Waals surface area (Å²) in [6, 6.07) is 3.89. The van der Waals surface area contributed by atoms with Gasteiger partial charge in [0.25, 0.3) is 5.91 Å². The van der Waals surface area contributed by atoms with Crippen LogP contribution in [0.3, 0.4) is 0 Å². The molecule has 1 fully saturated rings. The second kappa shape index (κ2) is 6.06. The van der Waals surface area contributed by atoms with Gasteiger partial charge in [0.15, 0.2) is 0 Å². The molecule has 20 heavy (non-hydrogen) atoms. The van der Waals surface area contributed by atoms with Crippen LogP contribution in [-0.4, -0.2) is 63.6 Å². The molecule has 1 aliphatic rings. The highest BCUT2D eigenvalue weighted by Crippen LogP contribution is 2.21. The Labute approximate surface area is 122 Å². The topological polar surface area (TPSA) is 90.0 Å². The van der Waals surface area contributed by atoms with Crippen LogP contribution in [0, 0.1) is 0 Å². The molecular formula is C13H17N3O3S. The lowest BCUT2D eigenvalue weighted by molar-refractivity contribution is 0.0653. The van der Waals surface area contributed by atoms with Crippen LogP contribution in [0.15, 0.2) is 18.2 Å². The Bertz CT molecular complexity index is 507. The van der Waals surface area contributed by atoms with Crippen molar-refractivity contribution in [1.29, 1.82) is 0 Å². The summed E-state index contributed by atoms with van der Waals surface area (Å²) in [4.78, 5) is 16.5. The number of nitrogens with zero attached hydrogens (tertiary/aromatic N) is 2. The zero-order valence-corrected chi connectivity index (χ0v) is 11.8. The molecule has 0 atom stereocenters. The van der Waals surface area contributed by atoms with Crippen LogP contribution in [0.1, 0.15) is 10.4 Å². The number of rotatable bonds is 3. The third-order valence-electron chi connectivity index (χ3n) is 3.19. The average Bonchev–Trinajstić information content (AvgIpc) is 2.37. The molecule has 1 heterocycles. The zero-order chi connectivity index (χ0) is 14.7. The highest BCUT2D eigenvalue weighted by atomic mass is 32.1. The fourth-order valence-corrected chi connectivity index (χ4v) is 2.41. The number of hydrogen-bond donors (Lipinski definition) is 3. The van der Waals surface area contributed by atoms with Gasteiger partial charge in [0.05, 0.1) is 4.99 Å². The van der Waals surface area contributed by atoms with Crippen molar-refractivity contribution in [2.75, 3.05) is 32.7 Å². The van der Waals surface area contributed by atoms with Crippen molar-refractivity contribution in [3.05, 3.63) is 23.8 Å². The van der Waals surface area contributed by atoms with E-state index < -0.39 is 0 Å². The molecule has 1 amide bonds. The maximum absolute atomic E-state index is 12.3. The molecule has 4 N–H and O–H groups in total. The Morgan fingerprint density at radius 2 is 1.70 bits per heavy atom. The fourth-order valence-electron chi connectivity index (χ4n) is 2.23. The minimum atomic E-state index is -0.203. The number of phenols is 2. The van der Waals surface area contributed by atoms with E-state index in [-0.39, 0.29) is 23.0 Å². The SMILES string of the molecule is NC(=S)CN1CCN(C(=O)c2cc(O)cc(O)c2)CC1. The molecule has 7 heteroatoms. The smallest absolute Gasteiger partial charge is 0.254 e. The van der Waals surface area contributed by atoms with E-state index in [1.54, 1.807) is 4.90 Å². The molecule has 2 rings (SSSR count). The first kappa shape index (κ1) is 14.5. The van der Waals surface area contributed by atoms with E-state index >= 15 is 0 Å². The van der Waals surface area contributed by atoms with E-state index in [4.69, 9.17) is 18.0 Å². The molecule has 6 nitrogen and oxygen atoms in total. The van der Waals surface area contributed by atoms with Gasteiger partial charge < -0.3 is 20.8 Å². The maximum Gasteiger partial charge on any atom is 0.254 e. The van der Waals surface area contributed by atoms with Crippen LogP contribution in [0.25, 0.3) is 0 Å². The van der Waals surface area contributed by atoms with Gasteiger partial charge in [-0.3, -0.25) is 9.69 Å². The monoisotopic (exact) mass is 295 g/mol. The van der Waals surface area contributed by atoms with Crippen molar-refractivity contribution in [2.45, 2.75) is 0 Å². The van der Waals surface area contributed by atoms with Crippen molar-refractivity contribution in [1.82, 2.24) is 9.80 Å². The van der Waals surface area contributed by atoms with Crippen LogP contribution in [0.5, 0.6) is 11.5 Å². The summed E-state index contributed by atoms with van der Waals surface area (Å²) in [6.07, 6.45) is 0. The van der Waals surface area contributed by atoms with Gasteiger partial charge in [-0.2, -0.15) is 0 Å². The Kier molecular flexibility index (Phi) is 4.41. The maximum atomic E-state index is 12.3. The minimum Gasteiger partial charge on any atom is -0.508 e. The first-order chi connectivity index (χ1) is 9.45. The van der Waals surface area contributed by atoms with E-state index in [2.05, 4.69) is 4.90 Å². The van der Waals surface area contributed by atoms with E-state index in [9.17, 15) is 15.0 Å². The van der Waals surface area contributed by atoms with Crippen molar-refractivity contribution >= 4 is 23.1 Å². The molecule has 1 aromatic carbocycles. The number of amides is 1. The number of hydrogen-bond acceptors (Lipinski definition) is 5. The quantitative estimate of drug-likeness (QED) is 0.687. The van der Waals surface area contributed by atoms with E-state index in [1.807, 2.05) is 0 Å². The predicted octanol–water partition coefficient (Wildman–Crippen LogP) is 0.142. The number of phenolic OH excluding ortho intramolecular Hbond substituents is 2. The number of piperazine rings is 1. The summed E-state index contributed by atoms with van der Waals surface area (Å²) in [5, 5.41) is 18.8. The fraction of sp³-hybridized carbons (Fsp3) is 0.385. The van der Waals surface area contributed by atoms with Gasteiger partial charge in [0, 0.05) is 44.4 Å². The highest BCUT2D eigenvalue weighted by Gasteiger charge is 2.22. The van der Waals surface area contributed by atoms with Crippen molar-refractivity contribution in [3.63, 3.8) is 0 Å². The van der Waals surface area contributed by atoms with Crippen LogP contribution < -0.4 is 5.73 Å². The van der Waals surface area contributed by atoms with Crippen LogP contribution in [-0.2, 0) is 0 Å². The second-order valence-electron chi connectivity index (χ2n) is 4.77. The summed E-state index contributed by atoms with van der Waals surface area (Å²) in [6.45, 7) is 3.10. The normalized spacial score (nSPS) is 16.1. The number of aromatic hydroxyl groups is 2. The Hall–Kier alpha value is -1.86. The average molecular weight is 295 g/mol. The van der Waals surface area contributed by atoms with Gasteiger partial charge in [0.1, 0.15) is 11.5 Å². The molecular weight excluding hydrogens is 278 g/mol. The summed E-state index contributed by atoms with van der Waals surface area (Å²) >= 11 is 4.86. The molecule has 1 aromatic rings. The number of thiocarbonyl (C=S) groups is 1. The van der Waals surface area contributed by atoms with Crippen LogP contribution >= 0.6 is 12.2 Å². The van der Waals surface area contributed by atoms with Crippen molar-refractivity contribution in [2.24, 2.45) is 5.73 Å². The van der Waals surface area contributed by atoms with Crippen molar-refractivity contribution < 1.29 is 15.0 Å². The third kappa shape index (κ3) is 3.58. The Morgan fingerprint density at radius 3 is 2.20 bits per heavy atom. The predicted molar refractivity (Wildman–Crippen MR) is 78.9 cm³/mol. The van der Waals surface area contributed by atoms with Crippen LogP contribution in [0.4, 0.5) is 0 Å². The van der Waals surface area contributed by atoms with Gasteiger partial charge in [0.2, 0.25) is 0 Å². The van der Waals surface area contributed by atoms with Gasteiger partial charge in [-0.15, -0.1) is 0 Å². The molecule has 0 aromatic heterocycles. The largest absolute Gasteiger partial charge is 0.508 e. The lowest BCUT2D eigenvalue weighted by atomic mass is 10.1. The van der Waals surface area contributed by atoms with Crippen LogP contribution in [0.2, 0.25) is 0 Å². The highest BCUT2D eigenvalue weighted by molar-refractivity contribution is 7.80. The Balaban J connectivity index is 1.99. The first-order valence-electron chi connectivity index (χ1n) is 6.28. The minimum absolute atomic E-state index is 0.125. The molecule has 0 bridgehead atoms. The van der Waals surface area contributed by atoms with E-state index in [1.165, 1.54) is 18.2 Å². The summed E-state index contributed by atoms with van der Waals surface area (Å²) in [5.41, 5.74) is 5.78. The van der Waals surface area contributed by atoms with Gasteiger partial charge >= 0.3 is 0 Å². The Morgan fingerprint density at radius 1 is 1.15 bits per heavy atom. The molecule has 0 spiro atoms. The number of benzene rings is 1. The van der Waals surface area contributed by atoms with E-state index in [0.717, 1.165) is 0 Å².